The van der Waals surface area contributed by atoms with E-state index in [9.17, 15) is 13.2 Å². The first-order valence-electron chi connectivity index (χ1n) is 7.27. The summed E-state index contributed by atoms with van der Waals surface area (Å²) in [5.74, 6) is 0.218. The molecular weight excluding hydrogens is 307 g/mol. The molecule has 2 aromatic rings. The lowest BCUT2D eigenvalue weighted by Gasteiger charge is -2.24. The molecular formula is C16H14F3N3O. The third-order valence-corrected chi connectivity index (χ3v) is 3.91. The molecule has 4 nitrogen and oxygen atoms in total. The van der Waals surface area contributed by atoms with Crippen molar-refractivity contribution in [3.63, 3.8) is 0 Å². The van der Waals surface area contributed by atoms with Crippen LogP contribution in [0.15, 0.2) is 30.6 Å². The number of rotatable bonds is 4. The van der Waals surface area contributed by atoms with E-state index in [0.717, 1.165) is 12.6 Å². The highest BCUT2D eigenvalue weighted by Gasteiger charge is 2.31. The second kappa shape index (κ2) is 5.95. The molecule has 0 atom stereocenters. The van der Waals surface area contributed by atoms with E-state index in [-0.39, 0.29) is 5.56 Å². The Labute approximate surface area is 131 Å². The molecule has 0 bridgehead atoms. The van der Waals surface area contributed by atoms with Crippen molar-refractivity contribution in [1.82, 2.24) is 9.78 Å². The van der Waals surface area contributed by atoms with Crippen molar-refractivity contribution in [2.24, 2.45) is 5.92 Å². The Morgan fingerprint density at radius 3 is 2.65 bits per heavy atom. The minimum atomic E-state index is -4.79. The maximum Gasteiger partial charge on any atom is 0.573 e. The molecule has 120 valence electrons. The smallest absolute Gasteiger partial charge is 0.406 e. The fraction of sp³-hybridized carbons (Fsp3) is 0.375. The number of benzene rings is 1. The number of ether oxygens (including phenoxy) is 1. The first-order valence-corrected chi connectivity index (χ1v) is 7.27. The Morgan fingerprint density at radius 2 is 2.04 bits per heavy atom. The number of nitrogens with zero attached hydrogens (tertiary/aromatic N) is 3. The number of halogens is 3. The van der Waals surface area contributed by atoms with Crippen LogP contribution in [-0.4, -0.2) is 16.1 Å². The van der Waals surface area contributed by atoms with Crippen molar-refractivity contribution in [1.29, 1.82) is 5.26 Å². The van der Waals surface area contributed by atoms with Crippen LogP contribution in [0.25, 0.3) is 11.1 Å². The normalized spacial score (nSPS) is 15.0. The molecule has 0 aliphatic heterocycles. The molecule has 0 spiro atoms. The predicted molar refractivity (Wildman–Crippen MR) is 76.4 cm³/mol. The van der Waals surface area contributed by atoms with E-state index in [0.29, 0.717) is 17.0 Å². The average Bonchev–Trinajstić information content (AvgIpc) is 2.89. The molecule has 1 aromatic heterocycles. The molecule has 1 heterocycles. The van der Waals surface area contributed by atoms with E-state index in [2.05, 4.69) is 9.84 Å². The van der Waals surface area contributed by atoms with Crippen LogP contribution in [0.5, 0.6) is 5.75 Å². The van der Waals surface area contributed by atoms with Crippen molar-refractivity contribution in [2.75, 3.05) is 0 Å². The third-order valence-electron chi connectivity index (χ3n) is 3.91. The van der Waals surface area contributed by atoms with Gasteiger partial charge >= 0.3 is 6.36 Å². The second-order valence-electron chi connectivity index (χ2n) is 5.65. The van der Waals surface area contributed by atoms with Crippen LogP contribution in [0.1, 0.15) is 24.8 Å². The zero-order valence-electron chi connectivity index (χ0n) is 12.2. The Bertz CT molecular complexity index is 742. The summed E-state index contributed by atoms with van der Waals surface area (Å²) in [6.45, 7) is 0.809. The van der Waals surface area contributed by atoms with Crippen molar-refractivity contribution in [2.45, 2.75) is 32.2 Å². The Kier molecular flexibility index (Phi) is 3.99. The summed E-state index contributed by atoms with van der Waals surface area (Å²) >= 11 is 0. The molecule has 7 heteroatoms. The fourth-order valence-corrected chi connectivity index (χ4v) is 2.58. The molecule has 3 rings (SSSR count). The van der Waals surface area contributed by atoms with Gasteiger partial charge in [0.25, 0.3) is 0 Å². The Balaban J connectivity index is 1.86. The molecule has 0 radical (unpaired) electrons. The highest BCUT2D eigenvalue weighted by atomic mass is 19.4. The van der Waals surface area contributed by atoms with Crippen LogP contribution in [0.2, 0.25) is 0 Å². The molecule has 1 fully saturated rings. The molecule has 0 unspecified atom stereocenters. The van der Waals surface area contributed by atoms with Gasteiger partial charge in [-0.05, 0) is 42.5 Å². The molecule has 1 aliphatic carbocycles. The Hall–Kier alpha value is -2.49. The van der Waals surface area contributed by atoms with E-state index >= 15 is 0 Å². The number of nitriles is 1. The van der Waals surface area contributed by atoms with Crippen molar-refractivity contribution in [3.8, 4) is 22.9 Å². The zero-order chi connectivity index (χ0) is 16.4. The first-order chi connectivity index (χ1) is 10.9. The van der Waals surface area contributed by atoms with E-state index in [1.807, 2.05) is 6.07 Å². The van der Waals surface area contributed by atoms with Gasteiger partial charge in [-0.15, -0.1) is 13.2 Å². The standard InChI is InChI=1S/C16H14F3N3O/c17-16(18,19)23-15-5-12(7-20)4-13(6-15)14-8-21-22(10-14)9-11-2-1-3-11/h4-6,8,10-11H,1-3,9H2. The minimum Gasteiger partial charge on any atom is -0.406 e. The second-order valence-corrected chi connectivity index (χ2v) is 5.65. The predicted octanol–water partition coefficient (Wildman–Crippen LogP) is 4.12. The van der Waals surface area contributed by atoms with Gasteiger partial charge in [0.05, 0.1) is 17.8 Å². The third kappa shape index (κ3) is 3.83. The zero-order valence-corrected chi connectivity index (χ0v) is 12.2. The van der Waals surface area contributed by atoms with Crippen LogP contribution in [0.4, 0.5) is 13.2 Å². The van der Waals surface area contributed by atoms with Gasteiger partial charge in [0.1, 0.15) is 5.75 Å². The largest absolute Gasteiger partial charge is 0.573 e. The Morgan fingerprint density at radius 1 is 1.26 bits per heavy atom. The van der Waals surface area contributed by atoms with E-state index < -0.39 is 12.1 Å². The van der Waals surface area contributed by atoms with E-state index in [4.69, 9.17) is 5.26 Å². The average molecular weight is 321 g/mol. The molecule has 1 aromatic carbocycles. The highest BCUT2D eigenvalue weighted by molar-refractivity contribution is 5.66. The van der Waals surface area contributed by atoms with Crippen LogP contribution in [0, 0.1) is 17.2 Å². The monoisotopic (exact) mass is 321 g/mol. The molecule has 0 saturated heterocycles. The molecule has 1 aliphatic rings. The van der Waals surface area contributed by atoms with Gasteiger partial charge in [0, 0.05) is 18.3 Å². The van der Waals surface area contributed by atoms with Crippen LogP contribution in [-0.2, 0) is 6.54 Å². The summed E-state index contributed by atoms with van der Waals surface area (Å²) in [6.07, 6.45) is 2.19. The summed E-state index contributed by atoms with van der Waals surface area (Å²) in [5.41, 5.74) is 1.24. The molecule has 0 amide bonds. The topological polar surface area (TPSA) is 50.8 Å². The number of aromatic nitrogens is 2. The van der Waals surface area contributed by atoms with Gasteiger partial charge in [-0.3, -0.25) is 4.68 Å². The molecule has 1 saturated carbocycles. The van der Waals surface area contributed by atoms with Gasteiger partial charge < -0.3 is 4.74 Å². The van der Waals surface area contributed by atoms with Gasteiger partial charge in [0.2, 0.25) is 0 Å². The van der Waals surface area contributed by atoms with E-state index in [1.54, 1.807) is 17.1 Å². The van der Waals surface area contributed by atoms with Gasteiger partial charge in [0.15, 0.2) is 0 Å². The summed E-state index contributed by atoms with van der Waals surface area (Å²) in [7, 11) is 0. The van der Waals surface area contributed by atoms with Crippen molar-refractivity contribution < 1.29 is 17.9 Å². The number of alkyl halides is 3. The maximum atomic E-state index is 12.4. The lowest BCUT2D eigenvalue weighted by atomic mass is 9.85. The SMILES string of the molecule is N#Cc1cc(OC(F)(F)F)cc(-c2cnn(CC3CCC3)c2)c1. The minimum absolute atomic E-state index is 0.105. The lowest BCUT2D eigenvalue weighted by molar-refractivity contribution is -0.274. The summed E-state index contributed by atoms with van der Waals surface area (Å²) in [6, 6.07) is 5.70. The molecule has 0 N–H and O–H groups in total. The van der Waals surface area contributed by atoms with Crippen LogP contribution < -0.4 is 4.74 Å². The van der Waals surface area contributed by atoms with Crippen molar-refractivity contribution >= 4 is 0 Å². The molecule has 23 heavy (non-hydrogen) atoms. The fourth-order valence-electron chi connectivity index (χ4n) is 2.58. The summed E-state index contributed by atoms with van der Waals surface area (Å²) in [5, 5.41) is 13.2. The maximum absolute atomic E-state index is 12.4. The van der Waals surface area contributed by atoms with Crippen LogP contribution in [0.3, 0.4) is 0 Å². The van der Waals surface area contributed by atoms with Crippen molar-refractivity contribution in [3.05, 3.63) is 36.2 Å². The summed E-state index contributed by atoms with van der Waals surface area (Å²) in [4.78, 5) is 0. The lowest BCUT2D eigenvalue weighted by Crippen LogP contribution is -2.18. The summed E-state index contributed by atoms with van der Waals surface area (Å²) < 4.78 is 42.9. The quantitative estimate of drug-likeness (QED) is 0.851. The number of hydrogen-bond donors (Lipinski definition) is 0. The van der Waals surface area contributed by atoms with Gasteiger partial charge in [-0.1, -0.05) is 6.42 Å². The van der Waals surface area contributed by atoms with Gasteiger partial charge in [-0.2, -0.15) is 10.4 Å². The van der Waals surface area contributed by atoms with E-state index in [1.165, 1.54) is 31.4 Å². The first kappa shape index (κ1) is 15.4. The van der Waals surface area contributed by atoms with Gasteiger partial charge in [-0.25, -0.2) is 0 Å². The van der Waals surface area contributed by atoms with Crippen LogP contribution >= 0.6 is 0 Å². The number of hydrogen-bond acceptors (Lipinski definition) is 3. The highest BCUT2D eigenvalue weighted by Crippen LogP contribution is 2.31.